The van der Waals surface area contributed by atoms with Gasteiger partial charge in [-0.1, -0.05) is 6.07 Å². The zero-order chi connectivity index (χ0) is 20.8. The molecule has 0 aliphatic rings. The zero-order valence-electron chi connectivity index (χ0n) is 15.9. The van der Waals surface area contributed by atoms with E-state index in [1.54, 1.807) is 49.4 Å². The first-order valence-electron chi connectivity index (χ1n) is 8.82. The molecule has 1 aromatic heterocycles. The Morgan fingerprint density at radius 3 is 2.31 bits per heavy atom. The van der Waals surface area contributed by atoms with E-state index < -0.39 is 17.9 Å². The molecule has 3 N–H and O–H groups in total. The van der Waals surface area contributed by atoms with Crippen molar-refractivity contribution in [2.75, 3.05) is 17.7 Å². The number of benzene rings is 2. The number of halogens is 1. The number of amides is 3. The monoisotopic (exact) mass is 397 g/mol. The minimum Gasteiger partial charge on any atom is -0.494 e. The molecule has 3 rings (SSSR count). The van der Waals surface area contributed by atoms with Crippen LogP contribution in [0.2, 0.25) is 0 Å². The summed E-state index contributed by atoms with van der Waals surface area (Å²) >= 11 is 0. The molecule has 1 atom stereocenters. The van der Waals surface area contributed by atoms with Gasteiger partial charge in [0.05, 0.1) is 19.4 Å². The number of rotatable bonds is 6. The molecular weight excluding hydrogens is 377 g/mol. The normalized spacial score (nSPS) is 11.4. The molecule has 2 aromatic carbocycles. The molecule has 0 bridgehead atoms. The van der Waals surface area contributed by atoms with E-state index in [4.69, 9.17) is 9.15 Å². The summed E-state index contributed by atoms with van der Waals surface area (Å²) in [6, 6.07) is 13.4. The highest BCUT2D eigenvalue weighted by Crippen LogP contribution is 2.22. The maximum atomic E-state index is 13.8. The minimum absolute atomic E-state index is 0.143. The maximum absolute atomic E-state index is 13.8. The van der Waals surface area contributed by atoms with Gasteiger partial charge in [-0.15, -0.1) is 0 Å². The van der Waals surface area contributed by atoms with Crippen LogP contribution in [0.25, 0.3) is 0 Å². The first-order chi connectivity index (χ1) is 14.0. The fourth-order valence-electron chi connectivity index (χ4n) is 2.64. The number of carbonyl (C=O) groups is 2. The highest BCUT2D eigenvalue weighted by molar-refractivity contribution is 6.02. The van der Waals surface area contributed by atoms with Crippen LogP contribution in [0, 0.1) is 5.82 Å². The number of urea groups is 1. The molecule has 1 heterocycles. The number of hydrogen-bond acceptors (Lipinski definition) is 4. The fraction of sp³-hybridized carbons (Fsp3) is 0.143. The number of hydrogen-bond donors (Lipinski definition) is 3. The smallest absolute Gasteiger partial charge is 0.319 e. The summed E-state index contributed by atoms with van der Waals surface area (Å²) in [7, 11) is 1.39. The molecule has 7 nitrogen and oxygen atoms in total. The molecule has 0 fully saturated rings. The SMILES string of the molecule is COc1ccc([C@H](C)NC(=O)Nc2ccc(NC(=O)c3ccco3)cc2)cc1F. The third-order valence-corrected chi connectivity index (χ3v) is 4.17. The first-order valence-corrected chi connectivity index (χ1v) is 8.82. The van der Waals surface area contributed by atoms with Crippen molar-refractivity contribution in [3.05, 3.63) is 78.0 Å². The topological polar surface area (TPSA) is 92.6 Å². The van der Waals surface area contributed by atoms with Gasteiger partial charge in [-0.2, -0.15) is 0 Å². The van der Waals surface area contributed by atoms with Crippen molar-refractivity contribution < 1.29 is 23.1 Å². The fourth-order valence-corrected chi connectivity index (χ4v) is 2.64. The average Bonchev–Trinajstić information content (AvgIpc) is 3.24. The minimum atomic E-state index is -0.494. The van der Waals surface area contributed by atoms with E-state index in [0.29, 0.717) is 16.9 Å². The van der Waals surface area contributed by atoms with Crippen molar-refractivity contribution in [1.29, 1.82) is 0 Å². The van der Waals surface area contributed by atoms with E-state index in [9.17, 15) is 14.0 Å². The second-order valence-electron chi connectivity index (χ2n) is 6.22. The Bertz CT molecular complexity index is 988. The lowest BCUT2D eigenvalue weighted by atomic mass is 10.1. The van der Waals surface area contributed by atoms with Gasteiger partial charge in [0, 0.05) is 11.4 Å². The number of anilines is 2. The summed E-state index contributed by atoms with van der Waals surface area (Å²) in [4.78, 5) is 24.1. The highest BCUT2D eigenvalue weighted by Gasteiger charge is 2.13. The third-order valence-electron chi connectivity index (χ3n) is 4.17. The standard InChI is InChI=1S/C21H20FN3O4/c1-13(14-5-10-18(28-2)17(22)12-14)23-21(27)25-16-8-6-15(7-9-16)24-20(26)19-4-3-11-29-19/h3-13H,1-2H3,(H,24,26)(H2,23,25,27)/t13-/m0/s1. The van der Waals surface area contributed by atoms with Crippen LogP contribution in [0.3, 0.4) is 0 Å². The largest absolute Gasteiger partial charge is 0.494 e. The van der Waals surface area contributed by atoms with Gasteiger partial charge in [0.15, 0.2) is 17.3 Å². The molecule has 0 saturated carbocycles. The van der Waals surface area contributed by atoms with Crippen LogP contribution in [0.4, 0.5) is 20.6 Å². The molecular formula is C21H20FN3O4. The number of furan rings is 1. The number of carbonyl (C=O) groups excluding carboxylic acids is 2. The number of methoxy groups -OCH3 is 1. The molecule has 3 amide bonds. The van der Waals surface area contributed by atoms with Crippen molar-refractivity contribution in [3.8, 4) is 5.75 Å². The summed E-state index contributed by atoms with van der Waals surface area (Å²) in [5, 5.41) is 8.11. The van der Waals surface area contributed by atoms with Crippen molar-refractivity contribution in [2.24, 2.45) is 0 Å². The van der Waals surface area contributed by atoms with Crippen LogP contribution in [-0.4, -0.2) is 19.0 Å². The number of ether oxygens (including phenoxy) is 1. The molecule has 0 radical (unpaired) electrons. The summed E-state index contributed by atoms with van der Waals surface area (Å²) < 4.78 is 23.7. The Morgan fingerprint density at radius 2 is 1.72 bits per heavy atom. The predicted octanol–water partition coefficient (Wildman–Crippen LogP) is 4.56. The van der Waals surface area contributed by atoms with Gasteiger partial charge in [0.1, 0.15) is 0 Å². The van der Waals surface area contributed by atoms with Crippen molar-refractivity contribution in [3.63, 3.8) is 0 Å². The lowest BCUT2D eigenvalue weighted by molar-refractivity contribution is 0.0996. The summed E-state index contributed by atoms with van der Waals surface area (Å²) in [6.45, 7) is 1.74. The molecule has 0 aliphatic carbocycles. The van der Waals surface area contributed by atoms with Gasteiger partial charge in [-0.3, -0.25) is 4.79 Å². The van der Waals surface area contributed by atoms with E-state index in [0.717, 1.165) is 0 Å². The predicted molar refractivity (Wildman–Crippen MR) is 107 cm³/mol. The van der Waals surface area contributed by atoms with Gasteiger partial charge in [0.2, 0.25) is 0 Å². The van der Waals surface area contributed by atoms with Crippen LogP contribution in [0.15, 0.2) is 65.3 Å². The van der Waals surface area contributed by atoms with E-state index in [-0.39, 0.29) is 17.4 Å². The first kappa shape index (κ1) is 19.9. The van der Waals surface area contributed by atoms with Crippen LogP contribution in [0.1, 0.15) is 29.1 Å². The Labute approximate surface area is 166 Å². The van der Waals surface area contributed by atoms with Crippen molar-refractivity contribution >= 4 is 23.3 Å². The Kier molecular flexibility index (Phi) is 6.13. The number of nitrogens with one attached hydrogen (secondary N) is 3. The van der Waals surface area contributed by atoms with Gasteiger partial charge in [-0.25, -0.2) is 9.18 Å². The van der Waals surface area contributed by atoms with E-state index >= 15 is 0 Å². The maximum Gasteiger partial charge on any atom is 0.319 e. The van der Waals surface area contributed by atoms with Gasteiger partial charge in [-0.05, 0) is 61.0 Å². The highest BCUT2D eigenvalue weighted by atomic mass is 19.1. The summed E-state index contributed by atoms with van der Waals surface area (Å²) in [5.41, 5.74) is 1.69. The van der Waals surface area contributed by atoms with E-state index in [1.165, 1.54) is 25.5 Å². The summed E-state index contributed by atoms with van der Waals surface area (Å²) in [6.07, 6.45) is 1.42. The molecule has 0 spiro atoms. The van der Waals surface area contributed by atoms with Crippen LogP contribution < -0.4 is 20.7 Å². The lowest BCUT2D eigenvalue weighted by Gasteiger charge is -2.16. The van der Waals surface area contributed by atoms with Gasteiger partial charge >= 0.3 is 6.03 Å². The third kappa shape index (κ3) is 5.13. The Balaban J connectivity index is 1.55. The molecule has 3 aromatic rings. The second kappa shape index (κ2) is 8.92. The Hall–Kier alpha value is -3.81. The van der Waals surface area contributed by atoms with Crippen LogP contribution in [-0.2, 0) is 0 Å². The Morgan fingerprint density at radius 1 is 1.03 bits per heavy atom. The molecule has 29 heavy (non-hydrogen) atoms. The second-order valence-corrected chi connectivity index (χ2v) is 6.22. The van der Waals surface area contributed by atoms with Gasteiger partial charge in [0.25, 0.3) is 5.91 Å². The van der Waals surface area contributed by atoms with Crippen molar-refractivity contribution in [2.45, 2.75) is 13.0 Å². The van der Waals surface area contributed by atoms with E-state index in [2.05, 4.69) is 16.0 Å². The molecule has 0 saturated heterocycles. The lowest BCUT2D eigenvalue weighted by Crippen LogP contribution is -2.31. The summed E-state index contributed by atoms with van der Waals surface area (Å²) in [5.74, 6) is -0.514. The average molecular weight is 397 g/mol. The molecule has 0 aliphatic heterocycles. The van der Waals surface area contributed by atoms with Crippen LogP contribution >= 0.6 is 0 Å². The quantitative estimate of drug-likeness (QED) is 0.568. The van der Waals surface area contributed by atoms with E-state index in [1.807, 2.05) is 0 Å². The zero-order valence-corrected chi connectivity index (χ0v) is 15.9. The molecule has 0 unspecified atom stereocenters. The molecule has 8 heteroatoms. The van der Waals surface area contributed by atoms with Gasteiger partial charge < -0.3 is 25.1 Å². The molecule has 150 valence electrons. The van der Waals surface area contributed by atoms with Crippen LogP contribution in [0.5, 0.6) is 5.75 Å². The van der Waals surface area contributed by atoms with Crippen molar-refractivity contribution in [1.82, 2.24) is 5.32 Å².